The molecule has 106 valence electrons. The zero-order valence-electron chi connectivity index (χ0n) is 10.5. The van der Waals surface area contributed by atoms with Gasteiger partial charge in [0.1, 0.15) is 6.04 Å². The number of unbranched alkanes of at least 4 members (excludes halogenated alkanes) is 1. The van der Waals surface area contributed by atoms with E-state index in [1.807, 2.05) is 0 Å². The summed E-state index contributed by atoms with van der Waals surface area (Å²) in [5.41, 5.74) is 10.6. The van der Waals surface area contributed by atoms with E-state index in [9.17, 15) is 9.59 Å². The van der Waals surface area contributed by atoms with E-state index < -0.39 is 18.0 Å². The van der Waals surface area contributed by atoms with Crippen LogP contribution in [-0.2, 0) is 4.79 Å². The zero-order valence-corrected chi connectivity index (χ0v) is 10.5. The lowest BCUT2D eigenvalue weighted by atomic mass is 10.1. The molecule has 7 nitrogen and oxygen atoms in total. The first-order valence-corrected chi connectivity index (χ1v) is 5.80. The molecule has 0 aromatic carbocycles. The molecule has 1 rings (SSSR count). The fourth-order valence-corrected chi connectivity index (χ4v) is 1.12. The van der Waals surface area contributed by atoms with E-state index in [0.717, 1.165) is 12.8 Å². The largest absolute Gasteiger partial charge is 0.480 e. The third kappa shape index (κ3) is 8.70. The number of carboxylic acid groups (broad SMARTS) is 2. The summed E-state index contributed by atoms with van der Waals surface area (Å²) in [5, 5.41) is 16.7. The Morgan fingerprint density at radius 2 is 2.00 bits per heavy atom. The van der Waals surface area contributed by atoms with Crippen molar-refractivity contribution in [2.24, 2.45) is 11.5 Å². The maximum atomic E-state index is 10.2. The van der Waals surface area contributed by atoms with Crippen LogP contribution in [0.3, 0.4) is 0 Å². The van der Waals surface area contributed by atoms with Gasteiger partial charge in [0.25, 0.3) is 0 Å². The van der Waals surface area contributed by atoms with Crippen LogP contribution in [-0.4, -0.2) is 39.7 Å². The van der Waals surface area contributed by atoms with Gasteiger partial charge >= 0.3 is 11.9 Å². The van der Waals surface area contributed by atoms with Gasteiger partial charge in [0.2, 0.25) is 0 Å². The van der Waals surface area contributed by atoms with Gasteiger partial charge in [-0.2, -0.15) is 0 Å². The highest BCUT2D eigenvalue weighted by Gasteiger charge is 2.09. The summed E-state index contributed by atoms with van der Waals surface area (Å²) < 4.78 is 0. The molecule has 0 unspecified atom stereocenters. The molecule has 0 saturated carbocycles. The fraction of sp³-hybridized carbons (Fsp3) is 0.417. The van der Waals surface area contributed by atoms with Crippen molar-refractivity contribution in [3.05, 3.63) is 30.1 Å². The minimum absolute atomic E-state index is 0.220. The first-order chi connectivity index (χ1) is 8.99. The number of rotatable bonds is 6. The van der Waals surface area contributed by atoms with Crippen LogP contribution in [0, 0.1) is 0 Å². The standard InChI is InChI=1S/C6H14N2O2.C6H5NO2/c7-4-2-1-3-5(8)6(9)10;8-6(9)5-2-1-3-7-4-5/h5H,1-4,7-8H2,(H,9,10);1-4H,(H,8,9)/t5-;/m0./s1. The average molecular weight is 269 g/mol. The van der Waals surface area contributed by atoms with E-state index in [2.05, 4.69) is 4.98 Å². The number of hydrogen-bond donors (Lipinski definition) is 4. The number of carboxylic acids is 2. The topological polar surface area (TPSA) is 140 Å². The molecular weight excluding hydrogens is 250 g/mol. The van der Waals surface area contributed by atoms with Gasteiger partial charge in [-0.05, 0) is 31.5 Å². The first kappa shape index (κ1) is 17.0. The van der Waals surface area contributed by atoms with Gasteiger partial charge in [0, 0.05) is 12.4 Å². The summed E-state index contributed by atoms with van der Waals surface area (Å²) >= 11 is 0. The molecule has 0 radical (unpaired) electrons. The SMILES string of the molecule is NCCCC[C@H](N)C(=O)O.O=C(O)c1cccnc1. The van der Waals surface area contributed by atoms with E-state index in [0.29, 0.717) is 13.0 Å². The molecule has 0 saturated heterocycles. The normalized spacial score (nSPS) is 11.1. The van der Waals surface area contributed by atoms with Gasteiger partial charge in [-0.15, -0.1) is 0 Å². The van der Waals surface area contributed by atoms with E-state index in [-0.39, 0.29) is 5.56 Å². The van der Waals surface area contributed by atoms with E-state index in [1.54, 1.807) is 6.07 Å². The lowest BCUT2D eigenvalue weighted by Crippen LogP contribution is -2.29. The highest BCUT2D eigenvalue weighted by Crippen LogP contribution is 1.97. The van der Waals surface area contributed by atoms with Gasteiger partial charge in [-0.3, -0.25) is 9.78 Å². The summed E-state index contributed by atoms with van der Waals surface area (Å²) in [4.78, 5) is 23.9. The Hall–Kier alpha value is -1.99. The molecule has 0 aliphatic carbocycles. The molecule has 19 heavy (non-hydrogen) atoms. The Labute approximate surface area is 111 Å². The van der Waals surface area contributed by atoms with Crippen LogP contribution in [0.15, 0.2) is 24.5 Å². The average Bonchev–Trinajstić information content (AvgIpc) is 2.40. The smallest absolute Gasteiger partial charge is 0.337 e. The van der Waals surface area contributed by atoms with Gasteiger partial charge in [-0.25, -0.2) is 4.79 Å². The predicted octanol–water partition coefficient (Wildman–Crippen LogP) is 0.307. The fourth-order valence-electron chi connectivity index (χ4n) is 1.12. The summed E-state index contributed by atoms with van der Waals surface area (Å²) in [6, 6.07) is 2.37. The highest BCUT2D eigenvalue weighted by atomic mass is 16.4. The second kappa shape index (κ2) is 9.98. The van der Waals surface area contributed by atoms with Crippen LogP contribution in [0.2, 0.25) is 0 Å². The molecule has 1 atom stereocenters. The second-order valence-electron chi connectivity index (χ2n) is 3.78. The van der Waals surface area contributed by atoms with E-state index >= 15 is 0 Å². The Morgan fingerprint density at radius 1 is 1.32 bits per heavy atom. The van der Waals surface area contributed by atoms with Crippen LogP contribution in [0.1, 0.15) is 29.6 Å². The van der Waals surface area contributed by atoms with E-state index in [1.165, 1.54) is 18.5 Å². The summed E-state index contributed by atoms with van der Waals surface area (Å²) in [6.45, 7) is 0.604. The number of aromatic nitrogens is 1. The van der Waals surface area contributed by atoms with Gasteiger partial charge in [0.05, 0.1) is 5.56 Å². The number of hydrogen-bond acceptors (Lipinski definition) is 5. The number of pyridine rings is 1. The molecule has 0 amide bonds. The number of aromatic carboxylic acids is 1. The molecule has 1 heterocycles. The molecule has 0 aliphatic heterocycles. The van der Waals surface area contributed by atoms with Crippen molar-refractivity contribution >= 4 is 11.9 Å². The second-order valence-corrected chi connectivity index (χ2v) is 3.78. The molecule has 0 bridgehead atoms. The molecule has 0 spiro atoms. The van der Waals surface area contributed by atoms with Crippen molar-refractivity contribution in [1.29, 1.82) is 0 Å². The molecule has 0 fully saturated rings. The number of nitrogens with two attached hydrogens (primary N) is 2. The third-order valence-corrected chi connectivity index (χ3v) is 2.19. The van der Waals surface area contributed by atoms with Gasteiger partial charge in [0.15, 0.2) is 0 Å². The number of carbonyl (C=O) groups is 2. The maximum Gasteiger partial charge on any atom is 0.337 e. The lowest BCUT2D eigenvalue weighted by molar-refractivity contribution is -0.138. The van der Waals surface area contributed by atoms with Crippen molar-refractivity contribution in [3.63, 3.8) is 0 Å². The van der Waals surface area contributed by atoms with E-state index in [4.69, 9.17) is 21.7 Å². The van der Waals surface area contributed by atoms with Crippen molar-refractivity contribution in [2.75, 3.05) is 6.54 Å². The van der Waals surface area contributed by atoms with Gasteiger partial charge < -0.3 is 21.7 Å². The van der Waals surface area contributed by atoms with Crippen molar-refractivity contribution in [1.82, 2.24) is 4.98 Å². The molecule has 0 aliphatic rings. The predicted molar refractivity (Wildman–Crippen MR) is 69.7 cm³/mol. The summed E-state index contributed by atoms with van der Waals surface area (Å²) in [5.74, 6) is -1.87. The van der Waals surface area contributed by atoms with Crippen molar-refractivity contribution in [2.45, 2.75) is 25.3 Å². The minimum atomic E-state index is -0.942. The Bertz CT molecular complexity index is 384. The quantitative estimate of drug-likeness (QED) is 0.545. The summed E-state index contributed by atoms with van der Waals surface area (Å²) in [7, 11) is 0. The van der Waals surface area contributed by atoms with Crippen molar-refractivity contribution in [3.8, 4) is 0 Å². The Balaban J connectivity index is 0.000000342. The first-order valence-electron chi connectivity index (χ1n) is 5.80. The Morgan fingerprint density at radius 3 is 2.37 bits per heavy atom. The maximum absolute atomic E-state index is 10.2. The number of nitrogens with zero attached hydrogens (tertiary/aromatic N) is 1. The third-order valence-electron chi connectivity index (χ3n) is 2.19. The Kier molecular flexibility index (Phi) is 8.94. The molecular formula is C12H19N3O4. The van der Waals surface area contributed by atoms with Crippen LogP contribution >= 0.6 is 0 Å². The monoisotopic (exact) mass is 269 g/mol. The highest BCUT2D eigenvalue weighted by molar-refractivity contribution is 5.86. The molecule has 1 aromatic heterocycles. The van der Waals surface area contributed by atoms with Crippen LogP contribution in [0.5, 0.6) is 0 Å². The summed E-state index contributed by atoms with van der Waals surface area (Å²) in [6.07, 6.45) is 5.01. The van der Waals surface area contributed by atoms with Gasteiger partial charge in [-0.1, -0.05) is 6.42 Å². The molecule has 6 N–H and O–H groups in total. The lowest BCUT2D eigenvalue weighted by Gasteiger charge is -2.03. The molecule has 7 heteroatoms. The van der Waals surface area contributed by atoms with Crippen LogP contribution < -0.4 is 11.5 Å². The van der Waals surface area contributed by atoms with Crippen molar-refractivity contribution < 1.29 is 19.8 Å². The van der Waals surface area contributed by atoms with Crippen LogP contribution in [0.25, 0.3) is 0 Å². The number of aliphatic carboxylic acids is 1. The van der Waals surface area contributed by atoms with Crippen LogP contribution in [0.4, 0.5) is 0 Å². The minimum Gasteiger partial charge on any atom is -0.480 e. The molecule has 1 aromatic rings. The zero-order chi connectivity index (χ0) is 14.7.